The molecule has 0 amide bonds. The fraction of sp³-hybridized carbons (Fsp3) is 0.700. The van der Waals surface area contributed by atoms with Gasteiger partial charge in [-0.15, -0.1) is 0 Å². The molecule has 0 spiro atoms. The Morgan fingerprint density at radius 3 is 2.33 bits per heavy atom. The summed E-state index contributed by atoms with van der Waals surface area (Å²) in [6.45, 7) is 5.08. The number of hydrogen-bond acceptors (Lipinski definition) is 2. The molecule has 1 fully saturated rings. The summed E-state index contributed by atoms with van der Waals surface area (Å²) >= 11 is 0. The van der Waals surface area contributed by atoms with Crippen molar-refractivity contribution in [2.75, 3.05) is 0 Å². The Kier molecular flexibility index (Phi) is 2.55. The molecule has 0 radical (unpaired) electrons. The maximum absolute atomic E-state index is 10.9. The lowest BCUT2D eigenvalue weighted by atomic mass is 9.64. The van der Waals surface area contributed by atoms with Gasteiger partial charge in [0.05, 0.1) is 5.76 Å². The molecule has 0 aliphatic heterocycles. The van der Waals surface area contributed by atoms with Gasteiger partial charge in [0.15, 0.2) is 0 Å². The quantitative estimate of drug-likeness (QED) is 0.655. The number of allylic oxidation sites excluding steroid dienone is 1. The molecule has 2 nitrogen and oxygen atoms in total. The van der Waals surface area contributed by atoms with E-state index in [-0.39, 0.29) is 17.0 Å². The Hall–Kier alpha value is -0.790. The Bertz CT molecular complexity index is 184. The van der Waals surface area contributed by atoms with Crippen LogP contribution in [-0.2, 0) is 4.79 Å². The van der Waals surface area contributed by atoms with Crippen molar-refractivity contribution >= 4 is 5.78 Å². The minimum absolute atomic E-state index is 0.0671. The second-order valence-electron chi connectivity index (χ2n) is 3.98. The van der Waals surface area contributed by atoms with Crippen LogP contribution in [0, 0.1) is 5.41 Å². The van der Waals surface area contributed by atoms with Gasteiger partial charge < -0.3 is 9.90 Å². The smallest absolute Gasteiger partial charge is 0.130 e. The Morgan fingerprint density at radius 1 is 1.50 bits per heavy atom. The number of carbonyl (C=O) groups is 1. The molecule has 2 heteroatoms. The van der Waals surface area contributed by atoms with Gasteiger partial charge in [-0.3, -0.25) is 0 Å². The van der Waals surface area contributed by atoms with Crippen molar-refractivity contribution in [3.8, 4) is 0 Å². The molecule has 12 heavy (non-hydrogen) atoms. The molecule has 1 aliphatic rings. The molecule has 0 aromatic heterocycles. The zero-order valence-electron chi connectivity index (χ0n) is 7.60. The van der Waals surface area contributed by atoms with Crippen molar-refractivity contribution in [1.29, 1.82) is 0 Å². The average molecular weight is 168 g/mol. The molecule has 0 saturated heterocycles. The van der Waals surface area contributed by atoms with Crippen LogP contribution >= 0.6 is 0 Å². The van der Waals surface area contributed by atoms with E-state index in [9.17, 15) is 4.79 Å². The lowest BCUT2D eigenvalue weighted by molar-refractivity contribution is -0.120. The Morgan fingerprint density at radius 2 is 2.08 bits per heavy atom. The van der Waals surface area contributed by atoms with Gasteiger partial charge in [0.2, 0.25) is 0 Å². The summed E-state index contributed by atoms with van der Waals surface area (Å²) in [6, 6.07) is 0. The van der Waals surface area contributed by atoms with E-state index in [1.807, 2.05) is 0 Å². The predicted molar refractivity (Wildman–Crippen MR) is 48.0 cm³/mol. The average Bonchev–Trinajstić information content (AvgIpc) is 1.80. The molecule has 1 rings (SSSR count). The molecule has 0 heterocycles. The van der Waals surface area contributed by atoms with Crippen LogP contribution in [0.1, 0.15) is 39.0 Å². The number of aliphatic hydroxyl groups excluding tert-OH is 1. The highest BCUT2D eigenvalue weighted by atomic mass is 16.3. The molecule has 1 aliphatic carbocycles. The Balaban J connectivity index is 2.50. The van der Waals surface area contributed by atoms with Gasteiger partial charge in [0.1, 0.15) is 5.78 Å². The first-order valence-corrected chi connectivity index (χ1v) is 4.40. The van der Waals surface area contributed by atoms with E-state index >= 15 is 0 Å². The highest BCUT2D eigenvalue weighted by Gasteiger charge is 2.38. The third-order valence-electron chi connectivity index (χ3n) is 2.62. The maximum atomic E-state index is 10.9. The van der Waals surface area contributed by atoms with Crippen molar-refractivity contribution in [2.24, 2.45) is 5.41 Å². The molecule has 0 bridgehead atoms. The zero-order valence-corrected chi connectivity index (χ0v) is 7.60. The van der Waals surface area contributed by atoms with Crippen LogP contribution in [0.3, 0.4) is 0 Å². The highest BCUT2D eigenvalue weighted by molar-refractivity contribution is 5.76. The first-order valence-electron chi connectivity index (χ1n) is 4.40. The topological polar surface area (TPSA) is 37.3 Å². The predicted octanol–water partition coefficient (Wildman–Crippen LogP) is 2.60. The summed E-state index contributed by atoms with van der Waals surface area (Å²) in [4.78, 5) is 10.9. The van der Waals surface area contributed by atoms with Crippen LogP contribution < -0.4 is 0 Å². The van der Waals surface area contributed by atoms with Crippen LogP contribution in [0.5, 0.6) is 0 Å². The molecule has 0 aromatic rings. The van der Waals surface area contributed by atoms with E-state index in [1.54, 1.807) is 6.92 Å². The summed E-state index contributed by atoms with van der Waals surface area (Å²) in [5.74, 6) is 0.437. The lowest BCUT2D eigenvalue weighted by Crippen LogP contribution is -2.31. The molecule has 0 aromatic carbocycles. The van der Waals surface area contributed by atoms with E-state index in [2.05, 4.69) is 6.58 Å². The van der Waals surface area contributed by atoms with Crippen LogP contribution in [-0.4, -0.2) is 10.9 Å². The Labute approximate surface area is 73.3 Å². The normalized spacial score (nSPS) is 19.8. The largest absolute Gasteiger partial charge is 0.513 e. The number of rotatable bonds is 4. The fourth-order valence-electron chi connectivity index (χ4n) is 2.05. The first kappa shape index (κ1) is 9.30. The standard InChI is InChI=1S/C10H16O2/c1-8(11)6-10(4-3-5-10)7-9(2)12/h11H,1,3-7H2,2H3. The van der Waals surface area contributed by atoms with Crippen LogP contribution in [0.15, 0.2) is 12.3 Å². The fourth-order valence-corrected chi connectivity index (χ4v) is 2.05. The number of Topliss-reactive ketones (excluding diaryl/α,β-unsaturated/α-hetero) is 1. The van der Waals surface area contributed by atoms with E-state index in [0.29, 0.717) is 12.8 Å². The summed E-state index contributed by atoms with van der Waals surface area (Å²) in [6.07, 6.45) is 4.51. The second kappa shape index (κ2) is 3.30. The molecule has 1 saturated carbocycles. The van der Waals surface area contributed by atoms with Crippen LogP contribution in [0.2, 0.25) is 0 Å². The van der Waals surface area contributed by atoms with E-state index in [0.717, 1.165) is 12.8 Å². The summed E-state index contributed by atoms with van der Waals surface area (Å²) in [7, 11) is 0. The third kappa shape index (κ3) is 2.10. The van der Waals surface area contributed by atoms with Gasteiger partial charge in [0, 0.05) is 12.8 Å². The van der Waals surface area contributed by atoms with Gasteiger partial charge in [-0.1, -0.05) is 13.0 Å². The third-order valence-corrected chi connectivity index (χ3v) is 2.62. The van der Waals surface area contributed by atoms with Crippen LogP contribution in [0.25, 0.3) is 0 Å². The summed E-state index contributed by atoms with van der Waals surface area (Å²) in [5.41, 5.74) is 0.0671. The monoisotopic (exact) mass is 168 g/mol. The molecule has 0 atom stereocenters. The number of carbonyl (C=O) groups excluding carboxylic acids is 1. The van der Waals surface area contributed by atoms with Crippen molar-refractivity contribution in [3.63, 3.8) is 0 Å². The van der Waals surface area contributed by atoms with E-state index in [4.69, 9.17) is 5.11 Å². The van der Waals surface area contributed by atoms with Crippen molar-refractivity contribution in [1.82, 2.24) is 0 Å². The maximum Gasteiger partial charge on any atom is 0.130 e. The van der Waals surface area contributed by atoms with Gasteiger partial charge in [-0.25, -0.2) is 0 Å². The van der Waals surface area contributed by atoms with E-state index in [1.165, 1.54) is 6.42 Å². The lowest BCUT2D eigenvalue weighted by Gasteiger charge is -2.41. The highest BCUT2D eigenvalue weighted by Crippen LogP contribution is 2.48. The first-order chi connectivity index (χ1) is 5.54. The minimum Gasteiger partial charge on any atom is -0.513 e. The van der Waals surface area contributed by atoms with Gasteiger partial charge in [-0.05, 0) is 25.2 Å². The second-order valence-corrected chi connectivity index (χ2v) is 3.98. The number of ketones is 1. The van der Waals surface area contributed by atoms with E-state index < -0.39 is 0 Å². The summed E-state index contributed by atoms with van der Waals surface area (Å²) in [5, 5.41) is 9.06. The van der Waals surface area contributed by atoms with Gasteiger partial charge in [0.25, 0.3) is 0 Å². The van der Waals surface area contributed by atoms with Crippen molar-refractivity contribution < 1.29 is 9.90 Å². The molecular weight excluding hydrogens is 152 g/mol. The minimum atomic E-state index is 0.0671. The number of aliphatic hydroxyl groups is 1. The number of hydrogen-bond donors (Lipinski definition) is 1. The van der Waals surface area contributed by atoms with Gasteiger partial charge >= 0.3 is 0 Å². The van der Waals surface area contributed by atoms with Crippen molar-refractivity contribution in [2.45, 2.75) is 39.0 Å². The van der Waals surface area contributed by atoms with Crippen LogP contribution in [0.4, 0.5) is 0 Å². The molecular formula is C10H16O2. The van der Waals surface area contributed by atoms with Gasteiger partial charge in [-0.2, -0.15) is 0 Å². The summed E-state index contributed by atoms with van der Waals surface area (Å²) < 4.78 is 0. The molecule has 1 N–H and O–H groups in total. The van der Waals surface area contributed by atoms with Crippen molar-refractivity contribution in [3.05, 3.63) is 12.3 Å². The zero-order chi connectivity index (χ0) is 9.19. The molecule has 68 valence electrons. The molecule has 0 unspecified atom stereocenters. The SMILES string of the molecule is C=C(O)CC1(CC(C)=O)CCC1.